The fourth-order valence-electron chi connectivity index (χ4n) is 2.97. The van der Waals surface area contributed by atoms with Gasteiger partial charge in [-0.2, -0.15) is 0 Å². The fraction of sp³-hybridized carbons (Fsp3) is 0.412. The molecule has 3 rings (SSSR count). The molecule has 0 fully saturated rings. The molecule has 1 aliphatic carbocycles. The monoisotopic (exact) mass is 318 g/mol. The zero-order valence-corrected chi connectivity index (χ0v) is 13.0. The molecule has 1 aromatic carbocycles. The van der Waals surface area contributed by atoms with Crippen molar-refractivity contribution in [1.29, 1.82) is 0 Å². The first kappa shape index (κ1) is 15.4. The largest absolute Gasteiger partial charge is 0.493 e. The highest BCUT2D eigenvalue weighted by molar-refractivity contribution is 5.89. The summed E-state index contributed by atoms with van der Waals surface area (Å²) in [7, 11) is 1.45. The average Bonchev–Trinajstić information content (AvgIpc) is 2.55. The van der Waals surface area contributed by atoms with Gasteiger partial charge in [0.15, 0.2) is 17.4 Å². The summed E-state index contributed by atoms with van der Waals surface area (Å²) in [5, 5.41) is 9.85. The summed E-state index contributed by atoms with van der Waals surface area (Å²) in [5.74, 6) is -0.612. The van der Waals surface area contributed by atoms with Crippen LogP contribution in [0.1, 0.15) is 30.9 Å². The highest BCUT2D eigenvalue weighted by Gasteiger charge is 2.24. The summed E-state index contributed by atoms with van der Waals surface area (Å²) in [6.07, 6.45) is 2.41. The van der Waals surface area contributed by atoms with Gasteiger partial charge in [-0.1, -0.05) is 0 Å². The lowest BCUT2D eigenvalue weighted by molar-refractivity contribution is -0.144. The standard InChI is InChI=1S/C17H18O6/c1-9(16(18)19)22-15-13(21-2)8-7-11-10-5-3-4-6-12(10)17(20)23-14(11)15/h7-9H,3-6H2,1-2H3,(H,18,19). The summed E-state index contributed by atoms with van der Waals surface area (Å²) in [5.41, 5.74) is 1.56. The number of hydrogen-bond donors (Lipinski definition) is 1. The van der Waals surface area contributed by atoms with Gasteiger partial charge in [-0.15, -0.1) is 0 Å². The highest BCUT2D eigenvalue weighted by atomic mass is 16.5. The molecule has 0 spiro atoms. The third-order valence-corrected chi connectivity index (χ3v) is 4.17. The number of rotatable bonds is 4. The van der Waals surface area contributed by atoms with Crippen molar-refractivity contribution in [1.82, 2.24) is 0 Å². The second-order valence-corrected chi connectivity index (χ2v) is 5.63. The number of ether oxygens (including phenoxy) is 2. The molecule has 1 atom stereocenters. The van der Waals surface area contributed by atoms with Gasteiger partial charge in [0.2, 0.25) is 5.75 Å². The Balaban J connectivity index is 2.26. The van der Waals surface area contributed by atoms with Crippen LogP contribution < -0.4 is 15.1 Å². The van der Waals surface area contributed by atoms with E-state index in [4.69, 9.17) is 19.0 Å². The Kier molecular flexibility index (Phi) is 3.98. The van der Waals surface area contributed by atoms with Crippen LogP contribution in [0.25, 0.3) is 11.0 Å². The maximum atomic E-state index is 12.3. The van der Waals surface area contributed by atoms with Gasteiger partial charge in [0.05, 0.1) is 7.11 Å². The second kappa shape index (κ2) is 5.95. The summed E-state index contributed by atoms with van der Waals surface area (Å²) in [6, 6.07) is 3.54. The van der Waals surface area contributed by atoms with E-state index >= 15 is 0 Å². The van der Waals surface area contributed by atoms with E-state index in [1.165, 1.54) is 14.0 Å². The molecule has 1 unspecified atom stereocenters. The molecule has 1 aromatic heterocycles. The molecule has 6 nitrogen and oxygen atoms in total. The Hall–Kier alpha value is -2.50. The first-order chi connectivity index (χ1) is 11.0. The van der Waals surface area contributed by atoms with E-state index in [0.29, 0.717) is 17.7 Å². The maximum absolute atomic E-state index is 12.3. The lowest BCUT2D eigenvalue weighted by atomic mass is 9.90. The van der Waals surface area contributed by atoms with E-state index in [-0.39, 0.29) is 17.0 Å². The molecule has 0 saturated carbocycles. The first-order valence-corrected chi connectivity index (χ1v) is 7.58. The molecule has 0 bridgehead atoms. The van der Waals surface area contributed by atoms with Crippen LogP contribution in [0.15, 0.2) is 21.3 Å². The van der Waals surface area contributed by atoms with E-state index in [1.807, 2.05) is 6.07 Å². The van der Waals surface area contributed by atoms with Crippen LogP contribution in [0, 0.1) is 0 Å². The van der Waals surface area contributed by atoms with Crippen LogP contribution in [0.4, 0.5) is 0 Å². The Morgan fingerprint density at radius 3 is 2.61 bits per heavy atom. The third-order valence-electron chi connectivity index (χ3n) is 4.17. The number of carbonyl (C=O) groups is 1. The summed E-state index contributed by atoms with van der Waals surface area (Å²) in [6.45, 7) is 1.41. The molecular formula is C17H18O6. The quantitative estimate of drug-likeness (QED) is 0.872. The Bertz CT molecular complexity index is 820. The molecule has 1 aliphatic rings. The Morgan fingerprint density at radius 2 is 1.96 bits per heavy atom. The number of hydrogen-bond acceptors (Lipinski definition) is 5. The summed E-state index contributed by atoms with van der Waals surface area (Å²) >= 11 is 0. The van der Waals surface area contributed by atoms with Gasteiger partial charge >= 0.3 is 11.6 Å². The van der Waals surface area contributed by atoms with Crippen LogP contribution in [0.2, 0.25) is 0 Å². The molecular weight excluding hydrogens is 300 g/mol. The van der Waals surface area contributed by atoms with Crippen molar-refractivity contribution >= 4 is 16.9 Å². The number of methoxy groups -OCH3 is 1. The first-order valence-electron chi connectivity index (χ1n) is 7.58. The molecule has 1 N–H and O–H groups in total. The van der Waals surface area contributed by atoms with Gasteiger partial charge in [-0.25, -0.2) is 9.59 Å². The number of carboxylic acid groups (broad SMARTS) is 1. The van der Waals surface area contributed by atoms with Crippen LogP contribution in [0.5, 0.6) is 11.5 Å². The molecule has 1 heterocycles. The Labute approximate surface area is 132 Å². The number of aliphatic carboxylic acids is 1. The molecule has 23 heavy (non-hydrogen) atoms. The van der Waals surface area contributed by atoms with Crippen molar-refractivity contribution in [3.8, 4) is 11.5 Å². The predicted molar refractivity (Wildman–Crippen MR) is 83.4 cm³/mol. The zero-order chi connectivity index (χ0) is 16.6. The summed E-state index contributed by atoms with van der Waals surface area (Å²) < 4.78 is 16.2. The van der Waals surface area contributed by atoms with E-state index in [2.05, 4.69) is 0 Å². The number of fused-ring (bicyclic) bond motifs is 3. The normalized spacial score (nSPS) is 15.0. The number of aryl methyl sites for hydroxylation is 1. The van der Waals surface area contributed by atoms with Crippen molar-refractivity contribution in [2.75, 3.05) is 7.11 Å². The zero-order valence-electron chi connectivity index (χ0n) is 13.0. The smallest absolute Gasteiger partial charge is 0.344 e. The molecule has 2 aromatic rings. The van der Waals surface area contributed by atoms with E-state index in [9.17, 15) is 9.59 Å². The van der Waals surface area contributed by atoms with Gasteiger partial charge in [0, 0.05) is 10.9 Å². The molecule has 6 heteroatoms. The van der Waals surface area contributed by atoms with Crippen LogP contribution in [-0.2, 0) is 17.6 Å². The Morgan fingerprint density at radius 1 is 1.26 bits per heavy atom. The number of benzene rings is 1. The molecule has 0 amide bonds. The SMILES string of the molecule is COc1ccc2c3c(c(=O)oc2c1OC(C)C(=O)O)CCCC3. The second-order valence-electron chi connectivity index (χ2n) is 5.63. The van der Waals surface area contributed by atoms with Gasteiger partial charge in [0.25, 0.3) is 0 Å². The minimum atomic E-state index is -1.11. The van der Waals surface area contributed by atoms with Crippen LogP contribution in [0.3, 0.4) is 0 Å². The summed E-state index contributed by atoms with van der Waals surface area (Å²) in [4.78, 5) is 23.4. The van der Waals surface area contributed by atoms with Gasteiger partial charge in [-0.05, 0) is 50.3 Å². The van der Waals surface area contributed by atoms with Crippen molar-refractivity contribution < 1.29 is 23.8 Å². The average molecular weight is 318 g/mol. The van der Waals surface area contributed by atoms with Crippen molar-refractivity contribution in [3.05, 3.63) is 33.7 Å². The van der Waals surface area contributed by atoms with E-state index in [0.717, 1.165) is 30.2 Å². The van der Waals surface area contributed by atoms with Crippen molar-refractivity contribution in [2.24, 2.45) is 0 Å². The third kappa shape index (κ3) is 2.65. The molecule has 0 aliphatic heterocycles. The fourth-order valence-corrected chi connectivity index (χ4v) is 2.97. The van der Waals surface area contributed by atoms with Crippen molar-refractivity contribution in [2.45, 2.75) is 38.7 Å². The van der Waals surface area contributed by atoms with Crippen molar-refractivity contribution in [3.63, 3.8) is 0 Å². The lowest BCUT2D eigenvalue weighted by Gasteiger charge is -2.19. The van der Waals surface area contributed by atoms with Gasteiger partial charge < -0.3 is 19.0 Å². The van der Waals surface area contributed by atoms with Crippen LogP contribution in [-0.4, -0.2) is 24.3 Å². The minimum absolute atomic E-state index is 0.158. The molecule has 0 radical (unpaired) electrons. The lowest BCUT2D eigenvalue weighted by Crippen LogP contribution is -2.23. The predicted octanol–water partition coefficient (Wildman–Crippen LogP) is 2.53. The minimum Gasteiger partial charge on any atom is -0.493 e. The maximum Gasteiger partial charge on any atom is 0.344 e. The number of carboxylic acids is 1. The molecule has 0 saturated heterocycles. The van der Waals surface area contributed by atoms with E-state index in [1.54, 1.807) is 6.07 Å². The molecule has 122 valence electrons. The van der Waals surface area contributed by atoms with Gasteiger partial charge in [-0.3, -0.25) is 0 Å². The topological polar surface area (TPSA) is 86.0 Å². The highest BCUT2D eigenvalue weighted by Crippen LogP contribution is 2.38. The van der Waals surface area contributed by atoms with Crippen LogP contribution >= 0.6 is 0 Å². The van der Waals surface area contributed by atoms with E-state index < -0.39 is 12.1 Å². The van der Waals surface area contributed by atoms with Gasteiger partial charge in [0.1, 0.15) is 0 Å².